The van der Waals surface area contributed by atoms with Crippen LogP contribution in [0.25, 0.3) is 0 Å². The van der Waals surface area contributed by atoms with Gasteiger partial charge < -0.3 is 10.1 Å². The van der Waals surface area contributed by atoms with Gasteiger partial charge in [-0.2, -0.15) is 0 Å². The van der Waals surface area contributed by atoms with E-state index in [1.807, 2.05) is 30.3 Å². The predicted molar refractivity (Wildman–Crippen MR) is 131 cm³/mol. The average molecular weight is 576 g/mol. The highest BCUT2D eigenvalue weighted by Gasteiger charge is 2.67. The molecule has 1 saturated heterocycles. The quantitative estimate of drug-likeness (QED) is 0.410. The number of nitrogens with zero attached hydrogens (tertiary/aromatic N) is 1. The molecule has 2 saturated carbocycles. The van der Waals surface area contributed by atoms with Gasteiger partial charge >= 0.3 is 0 Å². The van der Waals surface area contributed by atoms with Crippen LogP contribution in [0.4, 0.5) is 5.69 Å². The van der Waals surface area contributed by atoms with Gasteiger partial charge in [-0.3, -0.25) is 19.3 Å². The minimum absolute atomic E-state index is 0.129. The highest BCUT2D eigenvalue weighted by molar-refractivity contribution is 9.12. The molecule has 7 atom stereocenters. The first-order valence-corrected chi connectivity index (χ1v) is 12.9. The van der Waals surface area contributed by atoms with E-state index in [0.29, 0.717) is 18.0 Å². The number of alkyl halides is 2. The minimum atomic E-state index is -0.869. The molecule has 1 aliphatic heterocycles. The van der Waals surface area contributed by atoms with Crippen LogP contribution in [0, 0.1) is 23.7 Å². The number of likely N-dealkylation sites (tertiary alicyclic amines) is 1. The van der Waals surface area contributed by atoms with Crippen LogP contribution < -0.4 is 10.1 Å². The van der Waals surface area contributed by atoms with Crippen LogP contribution in [0.1, 0.15) is 18.9 Å². The number of benzene rings is 2. The molecule has 1 N–H and O–H groups in total. The zero-order valence-corrected chi connectivity index (χ0v) is 21.2. The molecular formula is C25H24Br2N2O4. The zero-order valence-electron chi connectivity index (χ0n) is 18.0. The monoisotopic (exact) mass is 574 g/mol. The van der Waals surface area contributed by atoms with Gasteiger partial charge in [-0.1, -0.05) is 62.2 Å². The summed E-state index contributed by atoms with van der Waals surface area (Å²) in [5, 5.41) is 2.82. The lowest BCUT2D eigenvalue weighted by molar-refractivity contribution is -0.146. The average Bonchev–Trinajstić information content (AvgIpc) is 3.43. The predicted octanol–water partition coefficient (Wildman–Crippen LogP) is 4.37. The number of carbonyl (C=O) groups excluding carboxylic acids is 3. The lowest BCUT2D eigenvalue weighted by Gasteiger charge is -2.28. The lowest BCUT2D eigenvalue weighted by atomic mass is 9.81. The molecule has 0 radical (unpaired) electrons. The number of imide groups is 1. The normalized spacial score (nSPS) is 30.9. The van der Waals surface area contributed by atoms with Gasteiger partial charge in [-0.25, -0.2) is 0 Å². The van der Waals surface area contributed by atoms with E-state index in [0.717, 1.165) is 12.0 Å². The summed E-state index contributed by atoms with van der Waals surface area (Å²) in [6.45, 7) is 2.07. The van der Waals surface area contributed by atoms with Gasteiger partial charge in [0.05, 0.1) is 11.8 Å². The van der Waals surface area contributed by atoms with Crippen molar-refractivity contribution in [3.05, 3.63) is 60.2 Å². The number of ether oxygens (including phenoxy) is 1. The zero-order chi connectivity index (χ0) is 23.3. The third-order valence-electron chi connectivity index (χ3n) is 7.16. The molecule has 2 aromatic rings. The molecule has 6 nitrogen and oxygen atoms in total. The number of hydrogen-bond acceptors (Lipinski definition) is 4. The maximum atomic E-state index is 13.1. The van der Waals surface area contributed by atoms with E-state index in [1.54, 1.807) is 31.2 Å². The van der Waals surface area contributed by atoms with Crippen LogP contribution in [0.15, 0.2) is 54.6 Å². The van der Waals surface area contributed by atoms with Crippen molar-refractivity contribution in [2.24, 2.45) is 23.7 Å². The molecule has 172 valence electrons. The first kappa shape index (κ1) is 22.6. The second-order valence-electron chi connectivity index (χ2n) is 9.01. The standard InChI is InChI=1S/C25H24Br2N2O4/c1-13(29-24(31)19-17-11-18(20(19)25(29)32)22(27)21(17)26)23(30)28-15-7-9-16(10-8-15)33-12-14-5-3-2-4-6-14/h2-10,13,17-22H,11-12H2,1H3,(H,28,30)/t13-,17-,18-,19-,20-,21-,22+/m0/s1. The van der Waals surface area contributed by atoms with Crippen LogP contribution in [0.2, 0.25) is 0 Å². The van der Waals surface area contributed by atoms with E-state index in [2.05, 4.69) is 37.2 Å². The van der Waals surface area contributed by atoms with Gasteiger partial charge in [0.25, 0.3) is 0 Å². The third-order valence-corrected chi connectivity index (χ3v) is 10.4. The summed E-state index contributed by atoms with van der Waals surface area (Å²) in [6, 6.07) is 16.1. The fourth-order valence-corrected chi connectivity index (χ4v) is 7.37. The molecule has 33 heavy (non-hydrogen) atoms. The van der Waals surface area contributed by atoms with Crippen molar-refractivity contribution in [2.75, 3.05) is 5.32 Å². The first-order chi connectivity index (χ1) is 15.9. The number of nitrogens with one attached hydrogen (secondary N) is 1. The van der Waals surface area contributed by atoms with E-state index in [4.69, 9.17) is 4.74 Å². The van der Waals surface area contributed by atoms with Crippen molar-refractivity contribution in [1.29, 1.82) is 0 Å². The Labute approximate surface area is 209 Å². The highest BCUT2D eigenvalue weighted by Crippen LogP contribution is 2.60. The van der Waals surface area contributed by atoms with Crippen LogP contribution >= 0.6 is 31.9 Å². The maximum absolute atomic E-state index is 13.1. The summed E-state index contributed by atoms with van der Waals surface area (Å²) >= 11 is 7.37. The van der Waals surface area contributed by atoms with Crippen molar-refractivity contribution >= 4 is 55.3 Å². The number of carbonyl (C=O) groups is 3. The second kappa shape index (κ2) is 8.87. The van der Waals surface area contributed by atoms with E-state index >= 15 is 0 Å². The molecule has 3 amide bonds. The molecule has 5 rings (SSSR count). The number of rotatable bonds is 6. The van der Waals surface area contributed by atoms with Crippen molar-refractivity contribution in [3.63, 3.8) is 0 Å². The molecule has 3 aliphatic rings. The molecule has 2 aromatic carbocycles. The Hall–Kier alpha value is -2.19. The van der Waals surface area contributed by atoms with Crippen LogP contribution in [-0.2, 0) is 21.0 Å². The summed E-state index contributed by atoms with van der Waals surface area (Å²) in [5.41, 5.74) is 1.65. The Kier molecular flexibility index (Phi) is 6.07. The SMILES string of the molecule is C[C@@H](C(=O)Nc1ccc(OCc2ccccc2)cc1)N1C(=O)[C@H]2[C@@H]3C[C@H]([C@@H](Br)[C@H]3Br)[C@@H]2C1=O. The summed E-state index contributed by atoms with van der Waals surface area (Å²) in [7, 11) is 0. The Morgan fingerprint density at radius 1 is 1.00 bits per heavy atom. The molecule has 3 fully saturated rings. The van der Waals surface area contributed by atoms with Gasteiger partial charge in [0.2, 0.25) is 17.7 Å². The van der Waals surface area contributed by atoms with E-state index in [1.165, 1.54) is 4.90 Å². The maximum Gasteiger partial charge on any atom is 0.247 e. The summed E-state index contributed by atoms with van der Waals surface area (Å²) in [5.74, 6) is -0.509. The Morgan fingerprint density at radius 2 is 1.58 bits per heavy atom. The van der Waals surface area contributed by atoms with E-state index in [9.17, 15) is 14.4 Å². The molecule has 0 spiro atoms. The summed E-state index contributed by atoms with van der Waals surface area (Å²) in [6.07, 6.45) is 0.867. The lowest BCUT2D eigenvalue weighted by Crippen LogP contribution is -2.46. The van der Waals surface area contributed by atoms with Crippen molar-refractivity contribution < 1.29 is 19.1 Å². The Morgan fingerprint density at radius 3 is 2.15 bits per heavy atom. The topological polar surface area (TPSA) is 75.7 Å². The number of anilines is 1. The third kappa shape index (κ3) is 3.91. The van der Waals surface area contributed by atoms with Crippen LogP contribution in [0.3, 0.4) is 0 Å². The van der Waals surface area contributed by atoms with Gasteiger partial charge in [-0.05, 0) is 55.0 Å². The number of halogens is 2. The van der Waals surface area contributed by atoms with Gasteiger partial charge in [0.15, 0.2) is 0 Å². The highest BCUT2D eigenvalue weighted by atomic mass is 79.9. The minimum Gasteiger partial charge on any atom is -0.489 e. The Balaban J connectivity index is 1.21. The molecule has 1 heterocycles. The molecule has 2 bridgehead atoms. The summed E-state index contributed by atoms with van der Waals surface area (Å²) < 4.78 is 5.78. The molecule has 2 aliphatic carbocycles. The first-order valence-electron chi connectivity index (χ1n) is 11.1. The summed E-state index contributed by atoms with van der Waals surface area (Å²) in [4.78, 5) is 40.7. The van der Waals surface area contributed by atoms with Gasteiger partial charge in [0.1, 0.15) is 18.4 Å². The largest absolute Gasteiger partial charge is 0.489 e. The number of hydrogen-bond donors (Lipinski definition) is 1. The number of fused-ring (bicyclic) bond motifs is 5. The second-order valence-corrected chi connectivity index (χ2v) is 11.1. The van der Waals surface area contributed by atoms with Crippen LogP contribution in [-0.4, -0.2) is 38.3 Å². The fourth-order valence-electron chi connectivity index (χ4n) is 5.49. The van der Waals surface area contributed by atoms with Gasteiger partial charge in [0, 0.05) is 15.3 Å². The Bertz CT molecular complexity index is 1050. The van der Waals surface area contributed by atoms with Crippen molar-refractivity contribution in [3.8, 4) is 5.75 Å². The molecule has 8 heteroatoms. The van der Waals surface area contributed by atoms with Crippen molar-refractivity contribution in [2.45, 2.75) is 35.6 Å². The fraction of sp³-hybridized carbons (Fsp3) is 0.400. The molecule has 0 unspecified atom stereocenters. The smallest absolute Gasteiger partial charge is 0.247 e. The van der Waals surface area contributed by atoms with Crippen molar-refractivity contribution in [1.82, 2.24) is 4.90 Å². The van der Waals surface area contributed by atoms with Crippen LogP contribution in [0.5, 0.6) is 5.75 Å². The van der Waals surface area contributed by atoms with E-state index in [-0.39, 0.29) is 51.0 Å². The number of amides is 3. The molecule has 0 aromatic heterocycles. The molecular weight excluding hydrogens is 552 g/mol. The van der Waals surface area contributed by atoms with Gasteiger partial charge in [-0.15, -0.1) is 0 Å². The van der Waals surface area contributed by atoms with E-state index < -0.39 is 6.04 Å².